The van der Waals surface area contributed by atoms with E-state index in [2.05, 4.69) is 50.1 Å². The van der Waals surface area contributed by atoms with Crippen molar-refractivity contribution < 1.29 is 4.74 Å². The van der Waals surface area contributed by atoms with Crippen LogP contribution in [0, 0.1) is 5.41 Å². The summed E-state index contributed by atoms with van der Waals surface area (Å²) >= 11 is 0. The quantitative estimate of drug-likeness (QED) is 0.594. The molecule has 0 amide bonds. The normalized spacial score (nSPS) is 31.5. The van der Waals surface area contributed by atoms with E-state index in [1.54, 1.807) is 7.11 Å². The highest BCUT2D eigenvalue weighted by molar-refractivity contribution is 6.05. The summed E-state index contributed by atoms with van der Waals surface area (Å²) in [7, 11) is 1.67. The Balaban J connectivity index is 1.48. The summed E-state index contributed by atoms with van der Waals surface area (Å²) in [6.45, 7) is 6.34. The minimum Gasteiger partial charge on any atom is -0.497 e. The smallest absolute Gasteiger partial charge is 0.118 e. The number of benzene rings is 2. The molecule has 4 saturated heterocycles. The lowest BCUT2D eigenvalue weighted by atomic mass is 9.74. The number of ether oxygens (including phenoxy) is 1. The van der Waals surface area contributed by atoms with Gasteiger partial charge in [-0.05, 0) is 35.4 Å². The Morgan fingerprint density at radius 3 is 2.07 bits per heavy atom. The minimum absolute atomic E-state index is 0.00729. The van der Waals surface area contributed by atoms with Crippen LogP contribution in [0.3, 0.4) is 0 Å². The van der Waals surface area contributed by atoms with Gasteiger partial charge in [0, 0.05) is 19.6 Å². The van der Waals surface area contributed by atoms with Crippen LogP contribution in [0.2, 0.25) is 0 Å². The van der Waals surface area contributed by atoms with Crippen LogP contribution in [-0.4, -0.2) is 73.4 Å². The van der Waals surface area contributed by atoms with E-state index in [0.29, 0.717) is 0 Å². The maximum Gasteiger partial charge on any atom is 0.118 e. The molecule has 4 aliphatic heterocycles. The summed E-state index contributed by atoms with van der Waals surface area (Å²) in [4.78, 5) is 7.55. The fraction of sp³-hybridized carbons (Fsp3) is 0.364. The van der Waals surface area contributed by atoms with E-state index in [9.17, 15) is 0 Å². The molecule has 4 fully saturated rings. The fourth-order valence-electron chi connectivity index (χ4n) is 4.85. The van der Waals surface area contributed by atoms with Crippen LogP contribution in [0.4, 0.5) is 0 Å². The van der Waals surface area contributed by atoms with Crippen molar-refractivity contribution in [2.75, 3.05) is 46.8 Å². The van der Waals surface area contributed by atoms with E-state index in [-0.39, 0.29) is 5.41 Å². The van der Waals surface area contributed by atoms with Gasteiger partial charge in [-0.15, -0.1) is 0 Å². The average Bonchev–Trinajstić information content (AvgIpc) is 2.71. The first-order valence-electron chi connectivity index (χ1n) is 9.72. The van der Waals surface area contributed by atoms with E-state index >= 15 is 0 Å². The summed E-state index contributed by atoms with van der Waals surface area (Å²) in [6.07, 6.45) is 1.82. The van der Waals surface area contributed by atoms with Gasteiger partial charge in [0.25, 0.3) is 0 Å². The molecule has 6 nitrogen and oxygen atoms in total. The molecule has 6 heteroatoms. The number of hydrogen-bond donors (Lipinski definition) is 0. The molecule has 4 heterocycles. The molecule has 0 N–H and O–H groups in total. The van der Waals surface area contributed by atoms with E-state index < -0.39 is 0 Å². The lowest BCUT2D eigenvalue weighted by molar-refractivity contribution is -0.149. The molecule has 0 radical (unpaired) electrons. The Morgan fingerprint density at radius 1 is 0.893 bits per heavy atom. The summed E-state index contributed by atoms with van der Waals surface area (Å²) in [5.74, 6) is 0.844. The van der Waals surface area contributed by atoms with Gasteiger partial charge in [0.05, 0.1) is 44.5 Å². The van der Waals surface area contributed by atoms with Crippen molar-refractivity contribution in [2.45, 2.75) is 0 Å². The molecule has 0 unspecified atom stereocenters. The van der Waals surface area contributed by atoms with Crippen LogP contribution < -0.4 is 4.74 Å². The summed E-state index contributed by atoms with van der Waals surface area (Å²) in [5.41, 5.74) is 3.28. The first kappa shape index (κ1) is 17.6. The third kappa shape index (κ3) is 3.24. The zero-order chi connectivity index (χ0) is 19.0. The Kier molecular flexibility index (Phi) is 4.47. The number of rotatable bonds is 5. The molecule has 144 valence electrons. The van der Waals surface area contributed by atoms with Crippen LogP contribution in [0.1, 0.15) is 11.1 Å². The zero-order valence-corrected chi connectivity index (χ0v) is 16.2. The Morgan fingerprint density at radius 2 is 1.50 bits per heavy atom. The molecular weight excluding hydrogens is 350 g/mol. The predicted molar refractivity (Wildman–Crippen MR) is 111 cm³/mol. The molecule has 0 aliphatic carbocycles. The molecule has 4 bridgehead atoms. The lowest BCUT2D eigenvalue weighted by Crippen LogP contribution is -2.74. The van der Waals surface area contributed by atoms with Crippen molar-refractivity contribution in [3.05, 3.63) is 65.7 Å². The van der Waals surface area contributed by atoms with Gasteiger partial charge in [-0.1, -0.05) is 30.3 Å². The lowest BCUT2D eigenvalue weighted by Gasteiger charge is -2.60. The third-order valence-electron chi connectivity index (χ3n) is 5.81. The third-order valence-corrected chi connectivity index (χ3v) is 5.81. The first-order chi connectivity index (χ1) is 13.7. The topological polar surface area (TPSA) is 43.7 Å². The maximum absolute atomic E-state index is 5.22. The van der Waals surface area contributed by atoms with Crippen LogP contribution in [0.25, 0.3) is 0 Å². The second-order valence-corrected chi connectivity index (χ2v) is 8.02. The fourth-order valence-corrected chi connectivity index (χ4v) is 4.85. The molecule has 6 rings (SSSR count). The molecule has 0 saturated carbocycles. The minimum atomic E-state index is 0.00729. The second-order valence-electron chi connectivity index (χ2n) is 8.02. The molecule has 0 atom stereocenters. The number of hydrogen-bond acceptors (Lipinski definition) is 6. The predicted octanol–water partition coefficient (Wildman–Crippen LogP) is 2.32. The van der Waals surface area contributed by atoms with E-state index in [1.807, 2.05) is 30.5 Å². The zero-order valence-electron chi connectivity index (χ0n) is 16.2. The standard InChI is InChI=1S/C22H25N5O/c1-28-20-9-7-18(8-10-20)11-23-24-21(19-5-3-2-4-6-19)22-12-25-15-26(13-22)17-27(14-22)16-25/h2-11H,12-17H2,1H3/b23-11+,24-21-. The Bertz CT molecular complexity index is 856. The Hall–Kier alpha value is -2.54. The van der Waals surface area contributed by atoms with Gasteiger partial charge < -0.3 is 4.74 Å². The largest absolute Gasteiger partial charge is 0.497 e. The van der Waals surface area contributed by atoms with Crippen molar-refractivity contribution in [3.63, 3.8) is 0 Å². The van der Waals surface area contributed by atoms with Gasteiger partial charge in [0.2, 0.25) is 0 Å². The van der Waals surface area contributed by atoms with Crippen LogP contribution in [-0.2, 0) is 0 Å². The van der Waals surface area contributed by atoms with Gasteiger partial charge in [0.1, 0.15) is 5.75 Å². The van der Waals surface area contributed by atoms with Crippen molar-refractivity contribution >= 4 is 11.9 Å². The molecule has 4 aliphatic rings. The monoisotopic (exact) mass is 375 g/mol. The SMILES string of the molecule is COc1ccc(/C=N/N=C(/c2ccccc2)C23CN4CN(CN(C4)C2)C3)cc1. The highest BCUT2D eigenvalue weighted by Gasteiger charge is 2.51. The van der Waals surface area contributed by atoms with E-state index in [4.69, 9.17) is 9.84 Å². The van der Waals surface area contributed by atoms with Gasteiger partial charge in [-0.25, -0.2) is 0 Å². The van der Waals surface area contributed by atoms with Gasteiger partial charge in [0.15, 0.2) is 0 Å². The highest BCUT2D eigenvalue weighted by Crippen LogP contribution is 2.38. The van der Waals surface area contributed by atoms with Gasteiger partial charge >= 0.3 is 0 Å². The molecule has 0 aromatic heterocycles. The van der Waals surface area contributed by atoms with Crippen LogP contribution in [0.15, 0.2) is 64.8 Å². The van der Waals surface area contributed by atoms with Crippen molar-refractivity contribution in [1.29, 1.82) is 0 Å². The van der Waals surface area contributed by atoms with E-state index in [0.717, 1.165) is 56.7 Å². The van der Waals surface area contributed by atoms with Gasteiger partial charge in [-0.2, -0.15) is 10.2 Å². The van der Waals surface area contributed by atoms with Crippen LogP contribution >= 0.6 is 0 Å². The number of methoxy groups -OCH3 is 1. The maximum atomic E-state index is 5.22. The number of nitrogens with zero attached hydrogens (tertiary/aromatic N) is 5. The summed E-state index contributed by atoms with van der Waals surface area (Å²) in [5, 5.41) is 9.29. The summed E-state index contributed by atoms with van der Waals surface area (Å²) in [6, 6.07) is 18.4. The molecule has 2 aromatic carbocycles. The highest BCUT2D eigenvalue weighted by atomic mass is 16.5. The van der Waals surface area contributed by atoms with Crippen LogP contribution in [0.5, 0.6) is 5.75 Å². The Labute approximate surface area is 165 Å². The van der Waals surface area contributed by atoms with Crippen molar-refractivity contribution in [1.82, 2.24) is 14.7 Å². The summed E-state index contributed by atoms with van der Waals surface area (Å²) < 4.78 is 5.22. The van der Waals surface area contributed by atoms with Crippen molar-refractivity contribution in [2.24, 2.45) is 15.6 Å². The first-order valence-corrected chi connectivity index (χ1v) is 9.72. The van der Waals surface area contributed by atoms with Gasteiger partial charge in [-0.3, -0.25) is 14.7 Å². The van der Waals surface area contributed by atoms with E-state index in [1.165, 1.54) is 5.56 Å². The molecule has 28 heavy (non-hydrogen) atoms. The molecule has 0 spiro atoms. The average molecular weight is 375 g/mol. The second kappa shape index (κ2) is 7.13. The molecular formula is C22H25N5O. The van der Waals surface area contributed by atoms with Crippen molar-refractivity contribution in [3.8, 4) is 5.75 Å². The molecule has 2 aromatic rings.